The summed E-state index contributed by atoms with van der Waals surface area (Å²) in [6.45, 7) is 2.85. The Morgan fingerprint density at radius 1 is 1.04 bits per heavy atom. The van der Waals surface area contributed by atoms with Gasteiger partial charge in [-0.15, -0.1) is 0 Å². The first-order valence-electron chi connectivity index (χ1n) is 8.29. The van der Waals surface area contributed by atoms with Crippen LogP contribution in [0.1, 0.15) is 11.7 Å². The second-order valence-corrected chi connectivity index (χ2v) is 6.04. The maximum atomic E-state index is 12.9. The summed E-state index contributed by atoms with van der Waals surface area (Å²) in [4.78, 5) is 15.9. The Balaban J connectivity index is 1.46. The Bertz CT molecular complexity index is 686. The number of piperazine rings is 1. The summed E-state index contributed by atoms with van der Waals surface area (Å²) in [5, 5.41) is 10.3. The van der Waals surface area contributed by atoms with E-state index >= 15 is 0 Å². The molecule has 3 rings (SSSR count). The van der Waals surface area contributed by atoms with Crippen molar-refractivity contribution in [3.63, 3.8) is 0 Å². The smallest absolute Gasteiger partial charge is 0.410 e. The van der Waals surface area contributed by atoms with E-state index in [0.717, 1.165) is 0 Å². The molecule has 0 radical (unpaired) electrons. The number of nitrogens with zero attached hydrogens (tertiary/aromatic N) is 2. The van der Waals surface area contributed by atoms with Gasteiger partial charge in [-0.3, -0.25) is 4.90 Å². The van der Waals surface area contributed by atoms with Crippen molar-refractivity contribution >= 4 is 6.09 Å². The number of ether oxygens (including phenoxy) is 1. The van der Waals surface area contributed by atoms with E-state index < -0.39 is 6.10 Å². The molecule has 1 fully saturated rings. The third-order valence-corrected chi connectivity index (χ3v) is 4.26. The monoisotopic (exact) mass is 344 g/mol. The van der Waals surface area contributed by atoms with Crippen LogP contribution in [0.25, 0.3) is 0 Å². The lowest BCUT2D eigenvalue weighted by molar-refractivity contribution is 0.0717. The van der Waals surface area contributed by atoms with E-state index in [4.69, 9.17) is 4.74 Å². The maximum absolute atomic E-state index is 12.9. The van der Waals surface area contributed by atoms with Crippen molar-refractivity contribution in [2.24, 2.45) is 0 Å². The van der Waals surface area contributed by atoms with E-state index in [9.17, 15) is 14.3 Å². The van der Waals surface area contributed by atoms with Gasteiger partial charge >= 0.3 is 6.09 Å². The highest BCUT2D eigenvalue weighted by atomic mass is 19.1. The predicted octanol–water partition coefficient (Wildman–Crippen LogP) is 2.68. The van der Waals surface area contributed by atoms with Gasteiger partial charge in [0.05, 0.1) is 6.10 Å². The Labute approximate surface area is 146 Å². The molecule has 0 saturated carbocycles. The van der Waals surface area contributed by atoms with Crippen molar-refractivity contribution in [3.8, 4) is 5.75 Å². The predicted molar refractivity (Wildman–Crippen MR) is 91.8 cm³/mol. The molecule has 1 unspecified atom stereocenters. The molecule has 1 amide bonds. The van der Waals surface area contributed by atoms with Crippen molar-refractivity contribution in [1.29, 1.82) is 0 Å². The number of carbonyl (C=O) groups is 1. The molecule has 0 spiro atoms. The van der Waals surface area contributed by atoms with Crippen molar-refractivity contribution in [2.75, 3.05) is 32.7 Å². The number of aliphatic hydroxyl groups is 1. The van der Waals surface area contributed by atoms with Gasteiger partial charge in [0.1, 0.15) is 11.6 Å². The summed E-state index contributed by atoms with van der Waals surface area (Å²) in [5.74, 6) is 0.211. The molecule has 25 heavy (non-hydrogen) atoms. The zero-order chi connectivity index (χ0) is 17.6. The van der Waals surface area contributed by atoms with E-state index in [1.54, 1.807) is 29.2 Å². The fourth-order valence-electron chi connectivity index (χ4n) is 2.80. The molecule has 1 aliphatic heterocycles. The second-order valence-electron chi connectivity index (χ2n) is 6.04. The number of para-hydroxylation sites is 1. The third kappa shape index (κ3) is 4.78. The number of hydrogen-bond acceptors (Lipinski definition) is 4. The van der Waals surface area contributed by atoms with Crippen molar-refractivity contribution in [1.82, 2.24) is 9.80 Å². The molecule has 1 saturated heterocycles. The molecule has 2 aromatic carbocycles. The zero-order valence-electron chi connectivity index (χ0n) is 13.8. The highest BCUT2D eigenvalue weighted by Gasteiger charge is 2.24. The highest BCUT2D eigenvalue weighted by molar-refractivity contribution is 5.70. The van der Waals surface area contributed by atoms with Crippen LogP contribution in [-0.4, -0.2) is 53.7 Å². The molecule has 1 atom stereocenters. The topological polar surface area (TPSA) is 53.0 Å². The number of β-amino-alcohol motifs (C(OH)–C–C–N with tert-alkyl or cyclic N) is 1. The van der Waals surface area contributed by atoms with Crippen LogP contribution in [0.3, 0.4) is 0 Å². The van der Waals surface area contributed by atoms with Gasteiger partial charge < -0.3 is 14.7 Å². The average Bonchev–Trinajstić information content (AvgIpc) is 2.63. The maximum Gasteiger partial charge on any atom is 0.415 e. The van der Waals surface area contributed by atoms with Crippen molar-refractivity contribution < 1.29 is 19.0 Å². The van der Waals surface area contributed by atoms with Crippen LogP contribution in [0.15, 0.2) is 54.6 Å². The molecule has 2 aromatic rings. The highest BCUT2D eigenvalue weighted by Crippen LogP contribution is 2.17. The van der Waals surface area contributed by atoms with E-state index in [2.05, 4.69) is 4.90 Å². The molecule has 5 nitrogen and oxygen atoms in total. The van der Waals surface area contributed by atoms with E-state index in [0.29, 0.717) is 44.0 Å². The van der Waals surface area contributed by atoms with E-state index in [1.807, 2.05) is 18.2 Å². The second kappa shape index (κ2) is 8.09. The number of aliphatic hydroxyl groups excluding tert-OH is 1. The van der Waals surface area contributed by atoms with Crippen LogP contribution < -0.4 is 4.74 Å². The Morgan fingerprint density at radius 3 is 2.32 bits per heavy atom. The zero-order valence-corrected chi connectivity index (χ0v) is 13.8. The van der Waals surface area contributed by atoms with Gasteiger partial charge in [-0.05, 0) is 29.8 Å². The summed E-state index contributed by atoms with van der Waals surface area (Å²) in [5.41, 5.74) is 0.687. The number of rotatable bonds is 4. The van der Waals surface area contributed by atoms with E-state index in [-0.39, 0.29) is 11.9 Å². The largest absolute Gasteiger partial charge is 0.415 e. The minimum atomic E-state index is -0.677. The Hall–Kier alpha value is -2.44. The summed E-state index contributed by atoms with van der Waals surface area (Å²) >= 11 is 0. The number of benzene rings is 2. The average molecular weight is 344 g/mol. The van der Waals surface area contributed by atoms with Crippen LogP contribution in [0.4, 0.5) is 9.18 Å². The summed E-state index contributed by atoms with van der Waals surface area (Å²) < 4.78 is 18.3. The first-order chi connectivity index (χ1) is 12.1. The molecule has 132 valence electrons. The lowest BCUT2D eigenvalue weighted by Gasteiger charge is -2.35. The van der Waals surface area contributed by atoms with Crippen LogP contribution >= 0.6 is 0 Å². The molecule has 0 aliphatic carbocycles. The lowest BCUT2D eigenvalue weighted by atomic mass is 10.1. The standard InChI is InChI=1S/C19H21FN2O3/c20-16-8-6-15(7-9-16)18(23)14-21-10-12-22(13-11-21)19(24)25-17-4-2-1-3-5-17/h1-9,18,23H,10-14H2. The molecule has 1 heterocycles. The van der Waals surface area contributed by atoms with Gasteiger partial charge in [0, 0.05) is 32.7 Å². The first-order valence-corrected chi connectivity index (χ1v) is 8.29. The van der Waals surface area contributed by atoms with Gasteiger partial charge in [-0.1, -0.05) is 30.3 Å². The van der Waals surface area contributed by atoms with Gasteiger partial charge in [-0.25, -0.2) is 9.18 Å². The number of hydrogen-bond donors (Lipinski definition) is 1. The minimum absolute atomic E-state index is 0.318. The summed E-state index contributed by atoms with van der Waals surface area (Å²) in [6, 6.07) is 14.9. The number of amides is 1. The van der Waals surface area contributed by atoms with Crippen LogP contribution in [0.2, 0.25) is 0 Å². The van der Waals surface area contributed by atoms with E-state index in [1.165, 1.54) is 12.1 Å². The normalized spacial score (nSPS) is 16.5. The Morgan fingerprint density at radius 2 is 1.68 bits per heavy atom. The van der Waals surface area contributed by atoms with Crippen LogP contribution in [0, 0.1) is 5.82 Å². The van der Waals surface area contributed by atoms with Crippen molar-refractivity contribution in [3.05, 3.63) is 66.0 Å². The van der Waals surface area contributed by atoms with Crippen LogP contribution in [-0.2, 0) is 0 Å². The van der Waals surface area contributed by atoms with Crippen molar-refractivity contribution in [2.45, 2.75) is 6.10 Å². The fourth-order valence-corrected chi connectivity index (χ4v) is 2.80. The number of carbonyl (C=O) groups excluding carboxylic acids is 1. The lowest BCUT2D eigenvalue weighted by Crippen LogP contribution is -2.50. The van der Waals surface area contributed by atoms with Gasteiger partial charge in [0.15, 0.2) is 0 Å². The molecule has 1 aliphatic rings. The SMILES string of the molecule is O=C(Oc1ccccc1)N1CCN(CC(O)c2ccc(F)cc2)CC1. The van der Waals surface area contributed by atoms with Crippen LogP contribution in [0.5, 0.6) is 5.75 Å². The summed E-state index contributed by atoms with van der Waals surface area (Å²) in [6.07, 6.45) is -1.03. The first kappa shape index (κ1) is 17.4. The quantitative estimate of drug-likeness (QED) is 0.927. The fraction of sp³-hybridized carbons (Fsp3) is 0.316. The molecular formula is C19H21FN2O3. The minimum Gasteiger partial charge on any atom is -0.410 e. The van der Waals surface area contributed by atoms with Gasteiger partial charge in [0.25, 0.3) is 0 Å². The summed E-state index contributed by atoms with van der Waals surface area (Å²) in [7, 11) is 0. The Kier molecular flexibility index (Phi) is 5.63. The molecule has 6 heteroatoms. The van der Waals surface area contributed by atoms with Gasteiger partial charge in [0.2, 0.25) is 0 Å². The molecule has 1 N–H and O–H groups in total. The number of halogens is 1. The van der Waals surface area contributed by atoms with Gasteiger partial charge in [-0.2, -0.15) is 0 Å². The molecular weight excluding hydrogens is 323 g/mol. The molecule has 0 bridgehead atoms. The molecule has 0 aromatic heterocycles. The third-order valence-electron chi connectivity index (χ3n) is 4.26.